The van der Waals surface area contributed by atoms with E-state index in [9.17, 15) is 10.1 Å². The van der Waals surface area contributed by atoms with Crippen molar-refractivity contribution in [3.63, 3.8) is 0 Å². The quantitative estimate of drug-likeness (QED) is 0.511. The lowest BCUT2D eigenvalue weighted by molar-refractivity contribution is -0.389. The van der Waals surface area contributed by atoms with Crippen LogP contribution in [0.2, 0.25) is 0 Å². The van der Waals surface area contributed by atoms with Gasteiger partial charge in [0, 0.05) is 17.6 Å². The number of hydrogen-bond donors (Lipinski definition) is 1. The highest BCUT2D eigenvalue weighted by Gasteiger charge is 2.07. The summed E-state index contributed by atoms with van der Waals surface area (Å²) in [6.45, 7) is 0. The van der Waals surface area contributed by atoms with Crippen LogP contribution in [-0.2, 0) is 0 Å². The average molecular weight is 163 g/mol. The molecule has 2 heterocycles. The fourth-order valence-electron chi connectivity index (χ4n) is 1.04. The minimum absolute atomic E-state index is 0.123. The molecule has 2 aromatic heterocycles. The number of nitrogens with zero attached hydrogens (tertiary/aromatic N) is 2. The van der Waals surface area contributed by atoms with Crippen molar-refractivity contribution >= 4 is 16.7 Å². The summed E-state index contributed by atoms with van der Waals surface area (Å²) in [5, 5.41) is 11.1. The zero-order chi connectivity index (χ0) is 8.55. The highest BCUT2D eigenvalue weighted by atomic mass is 16.6. The van der Waals surface area contributed by atoms with E-state index in [-0.39, 0.29) is 5.82 Å². The van der Waals surface area contributed by atoms with Gasteiger partial charge in [-0.15, -0.1) is 0 Å². The highest BCUT2D eigenvalue weighted by molar-refractivity contribution is 5.79. The maximum Gasteiger partial charge on any atom is 0.364 e. The lowest BCUT2D eigenvalue weighted by atomic mass is 10.3. The smallest absolute Gasteiger partial charge is 0.358 e. The fourth-order valence-corrected chi connectivity index (χ4v) is 1.04. The van der Waals surface area contributed by atoms with Gasteiger partial charge in [-0.3, -0.25) is 0 Å². The van der Waals surface area contributed by atoms with Crippen molar-refractivity contribution in [2.24, 2.45) is 0 Å². The third-order valence-corrected chi connectivity index (χ3v) is 1.61. The van der Waals surface area contributed by atoms with Crippen LogP contribution in [0, 0.1) is 10.1 Å². The van der Waals surface area contributed by atoms with E-state index in [1.165, 1.54) is 12.3 Å². The minimum atomic E-state index is -0.507. The van der Waals surface area contributed by atoms with Crippen LogP contribution in [0.25, 0.3) is 10.9 Å². The van der Waals surface area contributed by atoms with E-state index in [2.05, 4.69) is 9.97 Å². The summed E-state index contributed by atoms with van der Waals surface area (Å²) < 4.78 is 0. The van der Waals surface area contributed by atoms with Crippen molar-refractivity contribution < 1.29 is 4.92 Å². The van der Waals surface area contributed by atoms with Gasteiger partial charge in [0.1, 0.15) is 0 Å². The number of pyridine rings is 1. The molecule has 2 aromatic rings. The van der Waals surface area contributed by atoms with E-state index in [0.29, 0.717) is 0 Å². The average Bonchev–Trinajstić information content (AvgIpc) is 2.49. The molecule has 0 bridgehead atoms. The Morgan fingerprint density at radius 2 is 2.42 bits per heavy atom. The Hall–Kier alpha value is -1.91. The SMILES string of the molecule is O=[N+]([O-])c1cc2cc[nH]c2cn1. The Kier molecular flexibility index (Phi) is 1.30. The number of fused-ring (bicyclic) bond motifs is 1. The normalized spacial score (nSPS) is 10.3. The lowest BCUT2D eigenvalue weighted by Gasteiger charge is -1.90. The number of hydrogen-bond acceptors (Lipinski definition) is 3. The first-order valence-corrected chi connectivity index (χ1v) is 3.35. The molecular weight excluding hydrogens is 158 g/mol. The van der Waals surface area contributed by atoms with Crippen LogP contribution >= 0.6 is 0 Å². The third-order valence-electron chi connectivity index (χ3n) is 1.61. The molecular formula is C7H5N3O2. The summed E-state index contributed by atoms with van der Waals surface area (Å²) in [6.07, 6.45) is 3.17. The van der Waals surface area contributed by atoms with E-state index in [0.717, 1.165) is 10.9 Å². The Morgan fingerprint density at radius 1 is 1.58 bits per heavy atom. The molecule has 5 heteroatoms. The topological polar surface area (TPSA) is 71.8 Å². The molecule has 60 valence electrons. The van der Waals surface area contributed by atoms with Crippen LogP contribution in [-0.4, -0.2) is 14.9 Å². The van der Waals surface area contributed by atoms with E-state index < -0.39 is 4.92 Å². The number of nitro groups is 1. The maximum absolute atomic E-state index is 10.3. The molecule has 0 atom stereocenters. The molecule has 0 amide bonds. The second-order valence-corrected chi connectivity index (χ2v) is 2.36. The Bertz CT molecular complexity index is 435. The molecule has 0 spiro atoms. The van der Waals surface area contributed by atoms with Gasteiger partial charge in [-0.2, -0.15) is 0 Å². The van der Waals surface area contributed by atoms with Crippen molar-refractivity contribution in [2.45, 2.75) is 0 Å². The molecule has 5 nitrogen and oxygen atoms in total. The zero-order valence-electron chi connectivity index (χ0n) is 6.02. The fraction of sp³-hybridized carbons (Fsp3) is 0. The third kappa shape index (κ3) is 0.914. The Labute approximate surface area is 67.2 Å². The van der Waals surface area contributed by atoms with Crippen molar-refractivity contribution in [2.75, 3.05) is 0 Å². The second kappa shape index (κ2) is 2.30. The standard InChI is InChI=1S/C7H5N3O2/c11-10(12)7-3-5-1-2-8-6(5)4-9-7/h1-4,8H. The molecule has 0 aliphatic rings. The van der Waals surface area contributed by atoms with Crippen LogP contribution in [0.15, 0.2) is 24.5 Å². The number of aromatic nitrogens is 2. The first kappa shape index (κ1) is 6.78. The summed E-state index contributed by atoms with van der Waals surface area (Å²) >= 11 is 0. The Morgan fingerprint density at radius 3 is 3.17 bits per heavy atom. The monoisotopic (exact) mass is 163 g/mol. The molecule has 12 heavy (non-hydrogen) atoms. The molecule has 0 saturated carbocycles. The van der Waals surface area contributed by atoms with Gasteiger partial charge in [-0.05, 0) is 16.0 Å². The van der Waals surface area contributed by atoms with E-state index in [4.69, 9.17) is 0 Å². The number of rotatable bonds is 1. The molecule has 0 unspecified atom stereocenters. The molecule has 0 fully saturated rings. The van der Waals surface area contributed by atoms with Gasteiger partial charge in [0.05, 0.1) is 5.52 Å². The van der Waals surface area contributed by atoms with E-state index >= 15 is 0 Å². The number of aromatic amines is 1. The van der Waals surface area contributed by atoms with Gasteiger partial charge in [0.15, 0.2) is 6.20 Å². The lowest BCUT2D eigenvalue weighted by Crippen LogP contribution is -1.90. The number of H-pyrrole nitrogens is 1. The summed E-state index contributed by atoms with van der Waals surface area (Å²) in [6, 6.07) is 3.20. The predicted octanol–water partition coefficient (Wildman–Crippen LogP) is 1.47. The van der Waals surface area contributed by atoms with Crippen molar-refractivity contribution in [1.82, 2.24) is 9.97 Å². The molecule has 1 N–H and O–H groups in total. The van der Waals surface area contributed by atoms with Gasteiger partial charge in [-0.1, -0.05) is 0 Å². The largest absolute Gasteiger partial charge is 0.364 e. The molecule has 0 saturated heterocycles. The predicted molar refractivity (Wildman–Crippen MR) is 42.7 cm³/mol. The van der Waals surface area contributed by atoms with Gasteiger partial charge in [0.25, 0.3) is 0 Å². The molecule has 2 rings (SSSR count). The molecule has 0 aliphatic carbocycles. The van der Waals surface area contributed by atoms with Crippen molar-refractivity contribution in [3.05, 3.63) is 34.6 Å². The first-order chi connectivity index (χ1) is 5.77. The van der Waals surface area contributed by atoms with Crippen molar-refractivity contribution in [3.8, 4) is 0 Å². The zero-order valence-corrected chi connectivity index (χ0v) is 6.02. The van der Waals surface area contributed by atoms with Crippen molar-refractivity contribution in [1.29, 1.82) is 0 Å². The van der Waals surface area contributed by atoms with Gasteiger partial charge in [0.2, 0.25) is 0 Å². The molecule has 0 radical (unpaired) electrons. The second-order valence-electron chi connectivity index (χ2n) is 2.36. The van der Waals surface area contributed by atoms with Crippen LogP contribution in [0.1, 0.15) is 0 Å². The van der Waals surface area contributed by atoms with Crippen LogP contribution in [0.5, 0.6) is 0 Å². The summed E-state index contributed by atoms with van der Waals surface area (Å²) in [5.74, 6) is -0.123. The van der Waals surface area contributed by atoms with Crippen LogP contribution in [0.3, 0.4) is 0 Å². The van der Waals surface area contributed by atoms with Gasteiger partial charge in [-0.25, -0.2) is 0 Å². The van der Waals surface area contributed by atoms with Crippen LogP contribution in [0.4, 0.5) is 5.82 Å². The van der Waals surface area contributed by atoms with Gasteiger partial charge >= 0.3 is 5.82 Å². The van der Waals surface area contributed by atoms with Crippen LogP contribution < -0.4 is 0 Å². The summed E-state index contributed by atoms with van der Waals surface area (Å²) in [5.41, 5.74) is 0.806. The van der Waals surface area contributed by atoms with Gasteiger partial charge < -0.3 is 15.1 Å². The maximum atomic E-state index is 10.3. The van der Waals surface area contributed by atoms with E-state index in [1.54, 1.807) is 12.3 Å². The summed E-state index contributed by atoms with van der Waals surface area (Å²) in [7, 11) is 0. The summed E-state index contributed by atoms with van der Waals surface area (Å²) in [4.78, 5) is 16.3. The highest BCUT2D eigenvalue weighted by Crippen LogP contribution is 2.15. The molecule has 0 aromatic carbocycles. The molecule has 0 aliphatic heterocycles. The minimum Gasteiger partial charge on any atom is -0.358 e. The number of nitrogens with one attached hydrogen (secondary N) is 1. The van der Waals surface area contributed by atoms with E-state index in [1.807, 2.05) is 0 Å². The first-order valence-electron chi connectivity index (χ1n) is 3.35. The Balaban J connectivity index is 2.68.